The summed E-state index contributed by atoms with van der Waals surface area (Å²) in [5, 5.41) is 3.31. The summed E-state index contributed by atoms with van der Waals surface area (Å²) in [6, 6.07) is 5.34. The van der Waals surface area contributed by atoms with Crippen molar-refractivity contribution in [2.24, 2.45) is 0 Å². The van der Waals surface area contributed by atoms with E-state index < -0.39 is 17.9 Å². The van der Waals surface area contributed by atoms with E-state index in [9.17, 15) is 9.18 Å². The molecule has 1 unspecified atom stereocenters. The SMILES string of the molecule is COC(=O)C(C)Oc1ccc(CNC2CC2)cc1F. The van der Waals surface area contributed by atoms with Crippen LogP contribution in [-0.2, 0) is 16.1 Å². The van der Waals surface area contributed by atoms with Gasteiger partial charge < -0.3 is 14.8 Å². The van der Waals surface area contributed by atoms with Gasteiger partial charge in [-0.15, -0.1) is 0 Å². The number of nitrogens with one attached hydrogen (secondary N) is 1. The van der Waals surface area contributed by atoms with Crippen LogP contribution in [0.25, 0.3) is 0 Å². The van der Waals surface area contributed by atoms with Gasteiger partial charge in [-0.25, -0.2) is 9.18 Å². The minimum Gasteiger partial charge on any atom is -0.476 e. The van der Waals surface area contributed by atoms with E-state index in [1.165, 1.54) is 32.9 Å². The monoisotopic (exact) mass is 267 g/mol. The van der Waals surface area contributed by atoms with Gasteiger partial charge in [0.05, 0.1) is 7.11 Å². The number of rotatable bonds is 6. The lowest BCUT2D eigenvalue weighted by Crippen LogP contribution is -2.25. The van der Waals surface area contributed by atoms with E-state index in [0.717, 1.165) is 5.56 Å². The summed E-state index contributed by atoms with van der Waals surface area (Å²) in [6.45, 7) is 2.17. The Balaban J connectivity index is 1.95. The highest BCUT2D eigenvalue weighted by Crippen LogP contribution is 2.22. The van der Waals surface area contributed by atoms with Crippen LogP contribution in [0.3, 0.4) is 0 Å². The maximum absolute atomic E-state index is 13.8. The molecule has 0 amide bonds. The van der Waals surface area contributed by atoms with Gasteiger partial charge in [0.25, 0.3) is 0 Å². The van der Waals surface area contributed by atoms with E-state index >= 15 is 0 Å². The van der Waals surface area contributed by atoms with Crippen molar-refractivity contribution in [3.05, 3.63) is 29.6 Å². The van der Waals surface area contributed by atoms with Crippen LogP contribution >= 0.6 is 0 Å². The smallest absolute Gasteiger partial charge is 0.346 e. The number of esters is 1. The van der Waals surface area contributed by atoms with Crippen LogP contribution in [0.2, 0.25) is 0 Å². The van der Waals surface area contributed by atoms with Crippen molar-refractivity contribution >= 4 is 5.97 Å². The minimum atomic E-state index is -0.824. The molecule has 0 bridgehead atoms. The molecule has 1 aromatic carbocycles. The fraction of sp³-hybridized carbons (Fsp3) is 0.500. The van der Waals surface area contributed by atoms with E-state index in [0.29, 0.717) is 12.6 Å². The molecule has 4 nitrogen and oxygen atoms in total. The van der Waals surface area contributed by atoms with Crippen molar-refractivity contribution in [3.8, 4) is 5.75 Å². The molecule has 5 heteroatoms. The summed E-state index contributed by atoms with van der Waals surface area (Å²) in [5.41, 5.74) is 0.863. The minimum absolute atomic E-state index is 0.0630. The Morgan fingerprint density at radius 2 is 2.26 bits per heavy atom. The molecule has 0 aliphatic heterocycles. The maximum atomic E-state index is 13.8. The molecule has 1 fully saturated rings. The largest absolute Gasteiger partial charge is 0.476 e. The van der Waals surface area contributed by atoms with Crippen molar-refractivity contribution < 1.29 is 18.7 Å². The van der Waals surface area contributed by atoms with Crippen molar-refractivity contribution in [1.82, 2.24) is 5.32 Å². The van der Waals surface area contributed by atoms with Crippen molar-refractivity contribution in [1.29, 1.82) is 0 Å². The van der Waals surface area contributed by atoms with Crippen LogP contribution < -0.4 is 10.1 Å². The second-order valence-electron chi connectivity index (χ2n) is 4.70. The second-order valence-corrected chi connectivity index (χ2v) is 4.70. The Hall–Kier alpha value is -1.62. The van der Waals surface area contributed by atoms with Crippen molar-refractivity contribution in [3.63, 3.8) is 0 Å². The number of carbonyl (C=O) groups excluding carboxylic acids is 1. The third-order valence-corrected chi connectivity index (χ3v) is 3.01. The summed E-state index contributed by atoms with van der Waals surface area (Å²) in [4.78, 5) is 11.2. The van der Waals surface area contributed by atoms with Crippen molar-refractivity contribution in [2.45, 2.75) is 38.5 Å². The first kappa shape index (κ1) is 13.8. The zero-order chi connectivity index (χ0) is 13.8. The Morgan fingerprint density at radius 1 is 1.53 bits per heavy atom. The molecule has 2 rings (SSSR count). The van der Waals surface area contributed by atoms with E-state index in [1.807, 2.05) is 0 Å². The van der Waals surface area contributed by atoms with E-state index in [1.54, 1.807) is 12.1 Å². The van der Waals surface area contributed by atoms with E-state index in [-0.39, 0.29) is 5.75 Å². The van der Waals surface area contributed by atoms with Gasteiger partial charge in [-0.3, -0.25) is 0 Å². The highest BCUT2D eigenvalue weighted by molar-refractivity contribution is 5.74. The van der Waals surface area contributed by atoms with Gasteiger partial charge >= 0.3 is 5.97 Å². The van der Waals surface area contributed by atoms with Gasteiger partial charge in [-0.2, -0.15) is 0 Å². The number of ether oxygens (including phenoxy) is 2. The number of benzene rings is 1. The molecule has 104 valence electrons. The standard InChI is InChI=1S/C14H18FNO3/c1-9(14(17)18-2)19-13-6-3-10(7-12(13)15)8-16-11-4-5-11/h3,6-7,9,11,16H,4-5,8H2,1-2H3. The maximum Gasteiger partial charge on any atom is 0.346 e. The highest BCUT2D eigenvalue weighted by Gasteiger charge is 2.20. The summed E-state index contributed by atoms with van der Waals surface area (Å²) >= 11 is 0. The lowest BCUT2D eigenvalue weighted by molar-refractivity contribution is -0.148. The Bertz CT molecular complexity index is 460. The molecule has 1 aromatic rings. The van der Waals surface area contributed by atoms with Gasteiger partial charge in [0.15, 0.2) is 17.7 Å². The Kier molecular flexibility index (Phi) is 4.37. The zero-order valence-electron chi connectivity index (χ0n) is 11.1. The van der Waals surface area contributed by atoms with E-state index in [2.05, 4.69) is 10.1 Å². The Morgan fingerprint density at radius 3 is 2.84 bits per heavy atom. The number of carbonyl (C=O) groups is 1. The number of methoxy groups -OCH3 is 1. The first-order chi connectivity index (χ1) is 9.10. The van der Waals surface area contributed by atoms with Crippen LogP contribution in [0.1, 0.15) is 25.3 Å². The normalized spacial score (nSPS) is 15.9. The first-order valence-corrected chi connectivity index (χ1v) is 6.36. The van der Waals surface area contributed by atoms with Crippen LogP contribution in [0.5, 0.6) is 5.75 Å². The van der Waals surface area contributed by atoms with Crippen LogP contribution in [-0.4, -0.2) is 25.2 Å². The van der Waals surface area contributed by atoms with Gasteiger partial charge in [-0.05, 0) is 37.5 Å². The number of halogens is 1. The molecule has 1 aliphatic rings. The molecule has 0 radical (unpaired) electrons. The van der Waals surface area contributed by atoms with Crippen LogP contribution in [0.15, 0.2) is 18.2 Å². The molecule has 0 heterocycles. The van der Waals surface area contributed by atoms with Crippen LogP contribution in [0.4, 0.5) is 4.39 Å². The molecule has 1 aliphatic carbocycles. The third-order valence-electron chi connectivity index (χ3n) is 3.01. The third kappa shape index (κ3) is 3.92. The average molecular weight is 267 g/mol. The Labute approximate surface area is 111 Å². The lowest BCUT2D eigenvalue weighted by atomic mass is 10.2. The van der Waals surface area contributed by atoms with Crippen LogP contribution in [0, 0.1) is 5.82 Å². The van der Waals surface area contributed by atoms with Gasteiger partial charge in [0.2, 0.25) is 0 Å². The fourth-order valence-corrected chi connectivity index (χ4v) is 1.70. The predicted molar refractivity (Wildman–Crippen MR) is 68.4 cm³/mol. The zero-order valence-corrected chi connectivity index (χ0v) is 11.1. The summed E-state index contributed by atoms with van der Waals surface area (Å²) in [5.74, 6) is -0.933. The predicted octanol–water partition coefficient (Wildman–Crippen LogP) is 2.02. The molecule has 0 saturated heterocycles. The van der Waals surface area contributed by atoms with Gasteiger partial charge in [0, 0.05) is 12.6 Å². The molecule has 1 saturated carbocycles. The van der Waals surface area contributed by atoms with Gasteiger partial charge in [0.1, 0.15) is 0 Å². The topological polar surface area (TPSA) is 47.6 Å². The molecule has 19 heavy (non-hydrogen) atoms. The van der Waals surface area contributed by atoms with Gasteiger partial charge in [-0.1, -0.05) is 6.07 Å². The number of hydrogen-bond acceptors (Lipinski definition) is 4. The average Bonchev–Trinajstić information content (AvgIpc) is 3.22. The summed E-state index contributed by atoms with van der Waals surface area (Å²) in [7, 11) is 1.27. The number of hydrogen-bond donors (Lipinski definition) is 1. The molecule has 1 N–H and O–H groups in total. The quantitative estimate of drug-likeness (QED) is 0.801. The molecule has 0 aromatic heterocycles. The molecule has 1 atom stereocenters. The van der Waals surface area contributed by atoms with Crippen molar-refractivity contribution in [2.75, 3.05) is 7.11 Å². The summed E-state index contributed by atoms with van der Waals surface area (Å²) < 4.78 is 23.6. The van der Waals surface area contributed by atoms with E-state index in [4.69, 9.17) is 4.74 Å². The molecular formula is C14H18FNO3. The molecular weight excluding hydrogens is 249 g/mol. The lowest BCUT2D eigenvalue weighted by Gasteiger charge is -2.13. The highest BCUT2D eigenvalue weighted by atomic mass is 19.1. The summed E-state index contributed by atoms with van der Waals surface area (Å²) in [6.07, 6.45) is 1.57. The fourth-order valence-electron chi connectivity index (χ4n) is 1.70. The first-order valence-electron chi connectivity index (χ1n) is 6.36. The molecule has 0 spiro atoms. The second kappa shape index (κ2) is 6.02.